The zero-order valence-electron chi connectivity index (χ0n) is 14.4. The van der Waals surface area contributed by atoms with E-state index in [1.165, 1.54) is 6.92 Å². The number of rotatable bonds is 10. The number of ether oxygens (including phenoxy) is 2. The lowest BCUT2D eigenvalue weighted by atomic mass is 10.2. The molecule has 0 heterocycles. The number of esters is 2. The van der Waals surface area contributed by atoms with Crippen molar-refractivity contribution in [2.75, 3.05) is 11.9 Å². The van der Waals surface area contributed by atoms with Crippen LogP contribution in [0.3, 0.4) is 0 Å². The Hall–Kier alpha value is -1.06. The van der Waals surface area contributed by atoms with Crippen LogP contribution in [-0.2, 0) is 23.9 Å². The molecule has 1 N–H and O–H groups in total. The molecule has 1 aromatic rings. The Morgan fingerprint density at radius 2 is 2.00 bits per heavy atom. The highest BCUT2D eigenvalue weighted by molar-refractivity contribution is 14.1. The lowest BCUT2D eigenvalue weighted by Gasteiger charge is -2.20. The topological polar surface area (TPSA) is 81.7 Å². The number of hydrogen-bond donors (Lipinski definition) is 1. The van der Waals surface area contributed by atoms with Crippen molar-refractivity contribution in [3.8, 4) is 0 Å². The first kappa shape index (κ1) is 23.0. The molecule has 0 bridgehead atoms. The summed E-state index contributed by atoms with van der Waals surface area (Å²) in [6.45, 7) is 3.66. The van der Waals surface area contributed by atoms with E-state index in [2.05, 4.69) is 5.32 Å². The molecule has 144 valence electrons. The zero-order valence-corrected chi connectivity index (χ0v) is 18.1. The first-order valence-corrected chi connectivity index (χ1v) is 9.85. The quantitative estimate of drug-likeness (QED) is 0.165. The Morgan fingerprint density at radius 3 is 2.62 bits per heavy atom. The van der Waals surface area contributed by atoms with E-state index in [9.17, 15) is 14.4 Å². The summed E-state index contributed by atoms with van der Waals surface area (Å²) in [5.74, 6) is -1.37. The summed E-state index contributed by atoms with van der Waals surface area (Å²) < 4.78 is 10.8. The molecule has 0 aromatic heterocycles. The molecule has 26 heavy (non-hydrogen) atoms. The number of aldehydes is 1. The first-order chi connectivity index (χ1) is 12.3. The van der Waals surface area contributed by atoms with Gasteiger partial charge in [-0.05, 0) is 48.1 Å². The van der Waals surface area contributed by atoms with E-state index >= 15 is 0 Å². The van der Waals surface area contributed by atoms with Crippen LogP contribution < -0.4 is 5.32 Å². The van der Waals surface area contributed by atoms with Crippen LogP contribution >= 0.6 is 45.8 Å². The lowest BCUT2D eigenvalue weighted by molar-refractivity contribution is -0.167. The van der Waals surface area contributed by atoms with Crippen molar-refractivity contribution in [3.63, 3.8) is 0 Å². The van der Waals surface area contributed by atoms with Crippen molar-refractivity contribution in [2.24, 2.45) is 0 Å². The number of carbonyl (C=O) groups excluding carboxylic acids is 3. The summed E-state index contributed by atoms with van der Waals surface area (Å²) in [6, 6.07) is 2.17. The second kappa shape index (κ2) is 11.6. The Balaban J connectivity index is 2.78. The molecule has 1 unspecified atom stereocenters. The van der Waals surface area contributed by atoms with Gasteiger partial charge < -0.3 is 19.6 Å². The van der Waals surface area contributed by atoms with Gasteiger partial charge in [-0.3, -0.25) is 0 Å². The number of halogens is 3. The molecule has 0 amide bonds. The third kappa shape index (κ3) is 7.28. The van der Waals surface area contributed by atoms with E-state index in [4.69, 9.17) is 32.7 Å². The molecule has 0 aliphatic carbocycles. The van der Waals surface area contributed by atoms with Crippen LogP contribution in [-0.4, -0.2) is 37.0 Å². The molecule has 2 atom stereocenters. The van der Waals surface area contributed by atoms with Gasteiger partial charge in [0.15, 0.2) is 6.10 Å². The maximum absolute atomic E-state index is 12.3. The second-order valence-electron chi connectivity index (χ2n) is 5.45. The highest BCUT2D eigenvalue weighted by Crippen LogP contribution is 2.31. The molecule has 0 fully saturated rings. The van der Waals surface area contributed by atoms with Gasteiger partial charge in [0, 0.05) is 11.4 Å². The Bertz CT molecular complexity index is 656. The van der Waals surface area contributed by atoms with E-state index < -0.39 is 24.1 Å². The van der Waals surface area contributed by atoms with Gasteiger partial charge >= 0.3 is 11.9 Å². The van der Waals surface area contributed by atoms with Crippen LogP contribution in [0.25, 0.3) is 0 Å². The van der Waals surface area contributed by atoms with Crippen LogP contribution in [0, 0.1) is 3.57 Å². The van der Waals surface area contributed by atoms with E-state index in [1.807, 2.05) is 29.5 Å². The largest absolute Gasteiger partial charge is 0.463 e. The van der Waals surface area contributed by atoms with Gasteiger partial charge in [-0.2, -0.15) is 0 Å². The summed E-state index contributed by atoms with van der Waals surface area (Å²) >= 11 is 14.0. The standard InChI is InChI=1S/C17H20Cl2INO5/c1-3-4-7-25-16(23)10(2)26-17(24)13(5-6-22)21-14-9-11(18)8-12(19)15(14)20/h6,8-10,13,21H,3-5,7H2,1-2H3/t10-,13?/m0/s1. The summed E-state index contributed by atoms with van der Waals surface area (Å²) in [4.78, 5) is 35.1. The normalized spacial score (nSPS) is 12.8. The van der Waals surface area contributed by atoms with E-state index in [1.54, 1.807) is 12.1 Å². The molecular formula is C17H20Cl2INO5. The van der Waals surface area contributed by atoms with Crippen molar-refractivity contribution < 1.29 is 23.9 Å². The molecular weight excluding hydrogens is 496 g/mol. The third-order valence-corrected chi connectivity index (χ3v) is 5.30. The zero-order chi connectivity index (χ0) is 19.7. The van der Waals surface area contributed by atoms with Crippen molar-refractivity contribution in [3.05, 3.63) is 25.7 Å². The molecule has 0 aliphatic rings. The number of unbranched alkanes of at least 4 members (excludes halogenated alkanes) is 1. The molecule has 0 saturated carbocycles. The smallest absolute Gasteiger partial charge is 0.347 e. The number of carbonyl (C=O) groups is 3. The minimum atomic E-state index is -1.07. The van der Waals surface area contributed by atoms with Gasteiger partial charge in [-0.15, -0.1) is 0 Å². The number of anilines is 1. The predicted octanol–water partition coefficient (Wildman–Crippen LogP) is 4.24. The lowest BCUT2D eigenvalue weighted by Crippen LogP contribution is -2.37. The molecule has 0 aliphatic heterocycles. The van der Waals surface area contributed by atoms with Crippen molar-refractivity contribution in [2.45, 2.75) is 45.3 Å². The molecule has 1 aromatic carbocycles. The average molecular weight is 516 g/mol. The maximum Gasteiger partial charge on any atom is 0.347 e. The summed E-state index contributed by atoms with van der Waals surface area (Å²) in [6.07, 6.45) is 0.986. The van der Waals surface area contributed by atoms with Crippen molar-refractivity contribution in [1.82, 2.24) is 0 Å². The number of nitrogens with one attached hydrogen (secondary N) is 1. The van der Waals surface area contributed by atoms with Crippen LogP contribution in [0.1, 0.15) is 33.1 Å². The fourth-order valence-corrected chi connectivity index (χ4v) is 2.86. The predicted molar refractivity (Wildman–Crippen MR) is 109 cm³/mol. The second-order valence-corrected chi connectivity index (χ2v) is 7.37. The number of hydrogen-bond acceptors (Lipinski definition) is 6. The highest BCUT2D eigenvalue weighted by atomic mass is 127. The van der Waals surface area contributed by atoms with Gasteiger partial charge in [0.1, 0.15) is 12.3 Å². The number of benzene rings is 1. The van der Waals surface area contributed by atoms with Crippen molar-refractivity contribution in [1.29, 1.82) is 0 Å². The fraction of sp³-hybridized carbons (Fsp3) is 0.471. The van der Waals surface area contributed by atoms with E-state index in [0.29, 0.717) is 25.6 Å². The SMILES string of the molecule is CCCCOC(=O)[C@H](C)OC(=O)C(CC=O)Nc1cc(Cl)cc(Cl)c1I. The first-order valence-electron chi connectivity index (χ1n) is 8.02. The van der Waals surface area contributed by atoms with Crippen molar-refractivity contribution >= 4 is 69.7 Å². The Kier molecular flexibility index (Phi) is 10.3. The summed E-state index contributed by atoms with van der Waals surface area (Å²) in [5, 5.41) is 3.68. The highest BCUT2D eigenvalue weighted by Gasteiger charge is 2.26. The van der Waals surface area contributed by atoms with Crippen LogP contribution in [0.5, 0.6) is 0 Å². The van der Waals surface area contributed by atoms with Gasteiger partial charge in [0.25, 0.3) is 0 Å². The van der Waals surface area contributed by atoms with Crippen LogP contribution in [0.2, 0.25) is 10.0 Å². The summed E-state index contributed by atoms with van der Waals surface area (Å²) in [5.41, 5.74) is 0.491. The molecule has 0 saturated heterocycles. The average Bonchev–Trinajstić information content (AvgIpc) is 2.58. The van der Waals surface area contributed by atoms with E-state index in [-0.39, 0.29) is 13.0 Å². The molecule has 1 rings (SSSR count). The monoisotopic (exact) mass is 515 g/mol. The van der Waals surface area contributed by atoms with E-state index in [0.717, 1.165) is 12.8 Å². The van der Waals surface area contributed by atoms with Gasteiger partial charge in [0.05, 0.1) is 20.9 Å². The fourth-order valence-electron chi connectivity index (χ4n) is 1.90. The van der Waals surface area contributed by atoms with Crippen LogP contribution in [0.4, 0.5) is 5.69 Å². The third-order valence-electron chi connectivity index (χ3n) is 3.31. The minimum absolute atomic E-state index is 0.142. The molecule has 0 radical (unpaired) electrons. The Labute approximate surface area is 176 Å². The van der Waals surface area contributed by atoms with Gasteiger partial charge in [-0.25, -0.2) is 9.59 Å². The maximum atomic E-state index is 12.3. The molecule has 9 heteroatoms. The van der Waals surface area contributed by atoms with Gasteiger partial charge in [-0.1, -0.05) is 36.5 Å². The molecule has 6 nitrogen and oxygen atoms in total. The van der Waals surface area contributed by atoms with Crippen LogP contribution in [0.15, 0.2) is 12.1 Å². The Morgan fingerprint density at radius 1 is 1.31 bits per heavy atom. The molecule has 0 spiro atoms. The minimum Gasteiger partial charge on any atom is -0.463 e. The summed E-state index contributed by atoms with van der Waals surface area (Å²) in [7, 11) is 0. The van der Waals surface area contributed by atoms with Gasteiger partial charge in [0.2, 0.25) is 0 Å².